The molecular weight excluding hydrogens is 252 g/mol. The molecule has 1 aromatic rings. The number of rotatable bonds is 6. The predicted molar refractivity (Wildman–Crippen MR) is 59.0 cm³/mol. The molecule has 18 heavy (non-hydrogen) atoms. The maximum absolute atomic E-state index is 12.6. The minimum atomic E-state index is -4.16. The van der Waals surface area contributed by atoms with Crippen LogP contribution in [-0.2, 0) is 0 Å². The molecule has 0 aliphatic carbocycles. The van der Waals surface area contributed by atoms with Crippen LogP contribution in [0.5, 0.6) is 5.75 Å². The van der Waals surface area contributed by atoms with Crippen molar-refractivity contribution in [1.29, 1.82) is 0 Å². The van der Waals surface area contributed by atoms with Gasteiger partial charge in [0, 0.05) is 0 Å². The Morgan fingerprint density at radius 2 is 1.83 bits per heavy atom. The van der Waals surface area contributed by atoms with E-state index in [4.69, 9.17) is 5.11 Å². The van der Waals surface area contributed by atoms with Crippen molar-refractivity contribution < 1.29 is 27.4 Å². The lowest BCUT2D eigenvalue weighted by molar-refractivity contribution is -0.148. The first kappa shape index (κ1) is 14.5. The molecule has 0 heterocycles. The predicted octanol–water partition coefficient (Wildman–Crippen LogP) is 2.97. The van der Waals surface area contributed by atoms with E-state index in [-0.39, 0.29) is 12.4 Å². The van der Waals surface area contributed by atoms with Gasteiger partial charge in [-0.2, -0.15) is 8.78 Å². The van der Waals surface area contributed by atoms with E-state index in [1.54, 1.807) is 18.2 Å². The highest BCUT2D eigenvalue weighted by atomic mass is 19.3. The summed E-state index contributed by atoms with van der Waals surface area (Å²) in [4.78, 5) is 0. The molecule has 0 aliphatic heterocycles. The Morgan fingerprint density at radius 3 is 2.33 bits per heavy atom. The van der Waals surface area contributed by atoms with Gasteiger partial charge in [0.2, 0.25) is 0 Å². The molecule has 0 radical (unpaired) electrons. The van der Waals surface area contributed by atoms with Crippen LogP contribution in [0.4, 0.5) is 17.6 Å². The topological polar surface area (TPSA) is 29.5 Å². The third-order valence-electron chi connectivity index (χ3n) is 2.05. The van der Waals surface area contributed by atoms with Crippen molar-refractivity contribution >= 4 is 6.08 Å². The number of benzene rings is 1. The summed E-state index contributed by atoms with van der Waals surface area (Å²) >= 11 is 0. The quantitative estimate of drug-likeness (QED) is 0.800. The standard InChI is InChI=1S/C12H12F4O2/c13-11(14)12(15,16)8-18-10-5-3-9(4-6-10)2-1-7-17/h1-6,11,17H,7-8H2/b2-1+. The number of hydrogen-bond donors (Lipinski definition) is 1. The highest BCUT2D eigenvalue weighted by Gasteiger charge is 2.41. The molecule has 1 rings (SSSR count). The number of halogens is 4. The third-order valence-corrected chi connectivity index (χ3v) is 2.05. The van der Waals surface area contributed by atoms with Gasteiger partial charge in [0.05, 0.1) is 6.61 Å². The molecular formula is C12H12F4O2. The Labute approximate surface area is 102 Å². The largest absolute Gasteiger partial charge is 0.487 e. The number of aliphatic hydroxyl groups excluding tert-OH is 1. The summed E-state index contributed by atoms with van der Waals surface area (Å²) in [5.74, 6) is -4.08. The van der Waals surface area contributed by atoms with Crippen LogP contribution >= 0.6 is 0 Å². The van der Waals surface area contributed by atoms with Gasteiger partial charge in [-0.25, -0.2) is 8.78 Å². The lowest BCUT2D eigenvalue weighted by atomic mass is 10.2. The molecule has 2 nitrogen and oxygen atoms in total. The molecule has 0 spiro atoms. The SMILES string of the molecule is OC/C=C/c1ccc(OCC(F)(F)C(F)F)cc1. The summed E-state index contributed by atoms with van der Waals surface area (Å²) in [7, 11) is 0. The molecule has 0 aliphatic rings. The molecule has 6 heteroatoms. The van der Waals surface area contributed by atoms with Crippen molar-refractivity contribution in [2.75, 3.05) is 13.2 Å². The molecule has 1 aromatic carbocycles. The van der Waals surface area contributed by atoms with E-state index in [2.05, 4.69) is 4.74 Å². The van der Waals surface area contributed by atoms with Crippen LogP contribution < -0.4 is 4.74 Å². The van der Waals surface area contributed by atoms with Crippen LogP contribution in [0, 0.1) is 0 Å². The normalized spacial score (nSPS) is 12.3. The zero-order valence-corrected chi connectivity index (χ0v) is 9.32. The van der Waals surface area contributed by atoms with Crippen molar-refractivity contribution in [3.8, 4) is 5.75 Å². The summed E-state index contributed by atoms with van der Waals surface area (Å²) in [5.41, 5.74) is 0.733. The van der Waals surface area contributed by atoms with Gasteiger partial charge in [0.25, 0.3) is 0 Å². The average Bonchev–Trinajstić information content (AvgIpc) is 2.35. The summed E-state index contributed by atoms with van der Waals surface area (Å²) < 4.78 is 53.4. The highest BCUT2D eigenvalue weighted by Crippen LogP contribution is 2.24. The minimum absolute atomic E-state index is 0.0801. The lowest BCUT2D eigenvalue weighted by Crippen LogP contribution is -2.33. The Morgan fingerprint density at radius 1 is 1.22 bits per heavy atom. The van der Waals surface area contributed by atoms with Crippen LogP contribution in [0.3, 0.4) is 0 Å². The van der Waals surface area contributed by atoms with Gasteiger partial charge in [0.1, 0.15) is 5.75 Å². The van der Waals surface area contributed by atoms with Crippen molar-refractivity contribution in [2.24, 2.45) is 0 Å². The monoisotopic (exact) mass is 264 g/mol. The van der Waals surface area contributed by atoms with Gasteiger partial charge >= 0.3 is 12.3 Å². The fourth-order valence-corrected chi connectivity index (χ4v) is 1.11. The third kappa shape index (κ3) is 4.37. The second-order valence-electron chi connectivity index (χ2n) is 3.50. The van der Waals surface area contributed by atoms with E-state index in [0.29, 0.717) is 0 Å². The summed E-state index contributed by atoms with van der Waals surface area (Å²) in [6.45, 7) is -1.48. The molecule has 0 saturated carbocycles. The first-order valence-corrected chi connectivity index (χ1v) is 5.12. The fraction of sp³-hybridized carbons (Fsp3) is 0.333. The van der Waals surface area contributed by atoms with Gasteiger partial charge < -0.3 is 9.84 Å². The molecule has 0 aromatic heterocycles. The van der Waals surface area contributed by atoms with Gasteiger partial charge in [-0.3, -0.25) is 0 Å². The summed E-state index contributed by atoms with van der Waals surface area (Å²) in [6, 6.07) is 5.89. The van der Waals surface area contributed by atoms with E-state index < -0.39 is 19.0 Å². The Balaban J connectivity index is 2.56. The molecule has 100 valence electrons. The Hall–Kier alpha value is -1.56. The molecule has 0 bridgehead atoms. The molecule has 0 atom stereocenters. The van der Waals surface area contributed by atoms with Gasteiger partial charge in [-0.05, 0) is 17.7 Å². The molecule has 1 N–H and O–H groups in total. The van der Waals surface area contributed by atoms with Crippen LogP contribution in [0.2, 0.25) is 0 Å². The zero-order valence-electron chi connectivity index (χ0n) is 9.32. The molecule has 0 unspecified atom stereocenters. The van der Waals surface area contributed by atoms with Crippen LogP contribution in [0.15, 0.2) is 30.3 Å². The Kier molecular flexibility index (Phi) is 5.15. The maximum Gasteiger partial charge on any atom is 0.340 e. The molecule has 0 fully saturated rings. The molecule has 0 saturated heterocycles. The zero-order chi connectivity index (χ0) is 13.6. The van der Waals surface area contributed by atoms with Crippen molar-refractivity contribution in [1.82, 2.24) is 0 Å². The van der Waals surface area contributed by atoms with E-state index in [1.165, 1.54) is 18.2 Å². The minimum Gasteiger partial charge on any atom is -0.487 e. The highest BCUT2D eigenvalue weighted by molar-refractivity contribution is 5.50. The van der Waals surface area contributed by atoms with Gasteiger partial charge in [0.15, 0.2) is 6.61 Å². The van der Waals surface area contributed by atoms with Crippen LogP contribution in [0.25, 0.3) is 6.08 Å². The number of aliphatic hydroxyl groups is 1. The van der Waals surface area contributed by atoms with Gasteiger partial charge in [-0.1, -0.05) is 24.3 Å². The lowest BCUT2D eigenvalue weighted by Gasteiger charge is -2.15. The Bertz CT molecular complexity index is 388. The second-order valence-corrected chi connectivity index (χ2v) is 3.50. The number of alkyl halides is 4. The summed E-state index contributed by atoms with van der Waals surface area (Å²) in [6.07, 6.45) is -0.623. The van der Waals surface area contributed by atoms with E-state index in [0.717, 1.165) is 5.56 Å². The number of ether oxygens (including phenoxy) is 1. The molecule has 0 amide bonds. The summed E-state index contributed by atoms with van der Waals surface area (Å²) in [5, 5.41) is 8.54. The van der Waals surface area contributed by atoms with Crippen LogP contribution in [0.1, 0.15) is 5.56 Å². The first-order chi connectivity index (χ1) is 8.45. The first-order valence-electron chi connectivity index (χ1n) is 5.12. The van der Waals surface area contributed by atoms with E-state index in [1.807, 2.05) is 0 Å². The van der Waals surface area contributed by atoms with Crippen molar-refractivity contribution in [3.63, 3.8) is 0 Å². The second kappa shape index (κ2) is 6.39. The van der Waals surface area contributed by atoms with Crippen molar-refractivity contribution in [2.45, 2.75) is 12.3 Å². The number of hydrogen-bond acceptors (Lipinski definition) is 2. The van der Waals surface area contributed by atoms with Crippen LogP contribution in [-0.4, -0.2) is 30.7 Å². The van der Waals surface area contributed by atoms with Gasteiger partial charge in [-0.15, -0.1) is 0 Å². The van der Waals surface area contributed by atoms with E-state index >= 15 is 0 Å². The van der Waals surface area contributed by atoms with Crippen molar-refractivity contribution in [3.05, 3.63) is 35.9 Å². The average molecular weight is 264 g/mol. The smallest absolute Gasteiger partial charge is 0.340 e. The maximum atomic E-state index is 12.6. The fourth-order valence-electron chi connectivity index (χ4n) is 1.11. The van der Waals surface area contributed by atoms with E-state index in [9.17, 15) is 17.6 Å².